The van der Waals surface area contributed by atoms with E-state index in [9.17, 15) is 4.79 Å². The van der Waals surface area contributed by atoms with Gasteiger partial charge in [0.1, 0.15) is 5.82 Å². The maximum absolute atomic E-state index is 11.5. The molecule has 1 aromatic rings. The Morgan fingerprint density at radius 1 is 1.75 bits per heavy atom. The second kappa shape index (κ2) is 4.65. The van der Waals surface area contributed by atoms with E-state index in [0.29, 0.717) is 3.57 Å². The van der Waals surface area contributed by atoms with Gasteiger partial charge in [0.2, 0.25) is 0 Å². The highest BCUT2D eigenvalue weighted by molar-refractivity contribution is 14.1. The van der Waals surface area contributed by atoms with Crippen LogP contribution in [0.5, 0.6) is 0 Å². The summed E-state index contributed by atoms with van der Waals surface area (Å²) in [6.07, 6.45) is 0.303. The summed E-state index contributed by atoms with van der Waals surface area (Å²) in [7, 11) is 0. The van der Waals surface area contributed by atoms with Gasteiger partial charge in [0, 0.05) is 6.20 Å². The molecule has 8 heteroatoms. The first kappa shape index (κ1) is 11.8. The van der Waals surface area contributed by atoms with Gasteiger partial charge < -0.3 is 20.3 Å². The van der Waals surface area contributed by atoms with Crippen LogP contribution >= 0.6 is 22.6 Å². The molecule has 1 aromatic heterocycles. The zero-order valence-corrected chi connectivity index (χ0v) is 10.3. The number of aromatic nitrogens is 2. The van der Waals surface area contributed by atoms with Crippen molar-refractivity contribution in [3.63, 3.8) is 0 Å². The van der Waals surface area contributed by atoms with E-state index < -0.39 is 18.2 Å². The monoisotopic (exact) mass is 339 g/mol. The normalized spacial score (nSPS) is 24.9. The summed E-state index contributed by atoms with van der Waals surface area (Å²) < 4.78 is 12.3. The van der Waals surface area contributed by atoms with Crippen LogP contribution in [-0.2, 0) is 9.47 Å². The van der Waals surface area contributed by atoms with Gasteiger partial charge in [-0.15, -0.1) is 0 Å². The van der Waals surface area contributed by atoms with Crippen molar-refractivity contribution in [2.45, 2.75) is 12.5 Å². The van der Waals surface area contributed by atoms with Crippen LogP contribution in [0.3, 0.4) is 0 Å². The molecular weight excluding hydrogens is 329 g/mol. The maximum atomic E-state index is 11.5. The molecule has 88 valence electrons. The highest BCUT2D eigenvalue weighted by atomic mass is 127. The number of hydrogen-bond acceptors (Lipinski definition) is 6. The van der Waals surface area contributed by atoms with E-state index in [0.717, 1.165) is 0 Å². The van der Waals surface area contributed by atoms with Gasteiger partial charge in [-0.1, -0.05) is 0 Å². The molecule has 16 heavy (non-hydrogen) atoms. The van der Waals surface area contributed by atoms with Crippen LogP contribution in [-0.4, -0.2) is 34.2 Å². The third kappa shape index (κ3) is 2.19. The van der Waals surface area contributed by atoms with Crippen molar-refractivity contribution in [1.29, 1.82) is 0 Å². The van der Waals surface area contributed by atoms with Crippen LogP contribution < -0.4 is 11.4 Å². The summed E-state index contributed by atoms with van der Waals surface area (Å²) in [5.74, 6) is 0.194. The average molecular weight is 339 g/mol. The van der Waals surface area contributed by atoms with E-state index in [2.05, 4.69) is 4.98 Å². The molecule has 1 fully saturated rings. The van der Waals surface area contributed by atoms with E-state index in [-0.39, 0.29) is 19.0 Å². The van der Waals surface area contributed by atoms with Crippen molar-refractivity contribution in [2.24, 2.45) is 0 Å². The standard InChI is InChI=1S/C8H10IN3O4/c9-4-1-12(8(14)11-7(4)10)5-3-15-6(2-13)16-5/h1,5-6,13H,2-3H2,(H2,10,11,14)/t5-,6-/m1/s1. The average Bonchev–Trinajstić information content (AvgIpc) is 2.71. The third-order valence-electron chi connectivity index (χ3n) is 2.13. The van der Waals surface area contributed by atoms with Gasteiger partial charge in [0.25, 0.3) is 0 Å². The lowest BCUT2D eigenvalue weighted by molar-refractivity contribution is -0.0992. The second-order valence-electron chi connectivity index (χ2n) is 3.20. The fourth-order valence-corrected chi connectivity index (χ4v) is 1.77. The number of aliphatic hydroxyl groups excluding tert-OH is 1. The lowest BCUT2D eigenvalue weighted by Crippen LogP contribution is -2.29. The first-order chi connectivity index (χ1) is 7.61. The van der Waals surface area contributed by atoms with Crippen molar-refractivity contribution in [3.8, 4) is 0 Å². The minimum absolute atomic E-state index is 0.194. The Bertz CT molecular complexity index is 449. The Kier molecular flexibility index (Phi) is 3.42. The molecule has 0 aromatic carbocycles. The number of halogens is 1. The number of nitrogens with two attached hydrogens (primary N) is 1. The number of hydrogen-bond donors (Lipinski definition) is 2. The maximum Gasteiger partial charge on any atom is 0.351 e. The molecule has 2 atom stereocenters. The number of rotatable bonds is 2. The van der Waals surface area contributed by atoms with Gasteiger partial charge >= 0.3 is 5.69 Å². The van der Waals surface area contributed by atoms with E-state index in [1.165, 1.54) is 4.57 Å². The molecule has 0 unspecified atom stereocenters. The first-order valence-electron chi connectivity index (χ1n) is 4.54. The van der Waals surface area contributed by atoms with Gasteiger partial charge in [-0.25, -0.2) is 4.79 Å². The molecule has 0 saturated carbocycles. The van der Waals surface area contributed by atoms with E-state index in [1.807, 2.05) is 22.6 Å². The summed E-state index contributed by atoms with van der Waals surface area (Å²) in [6.45, 7) is -0.0441. The number of ether oxygens (including phenoxy) is 2. The van der Waals surface area contributed by atoms with Crippen LogP contribution in [0.25, 0.3) is 0 Å². The van der Waals surface area contributed by atoms with Crippen LogP contribution in [0.15, 0.2) is 11.0 Å². The molecule has 1 saturated heterocycles. The molecule has 1 aliphatic rings. The molecule has 0 aliphatic carbocycles. The van der Waals surface area contributed by atoms with Crippen LogP contribution in [0.2, 0.25) is 0 Å². The van der Waals surface area contributed by atoms with E-state index in [1.54, 1.807) is 6.20 Å². The molecule has 0 amide bonds. The minimum atomic E-state index is -0.688. The lowest BCUT2D eigenvalue weighted by atomic mass is 10.5. The molecule has 1 aliphatic heterocycles. The fourth-order valence-electron chi connectivity index (χ4n) is 1.35. The SMILES string of the molecule is Nc1nc(=O)n([C@H]2CO[C@@H](CO)O2)cc1I. The van der Waals surface area contributed by atoms with Crippen LogP contribution in [0.1, 0.15) is 6.23 Å². The van der Waals surface area contributed by atoms with E-state index >= 15 is 0 Å². The zero-order valence-electron chi connectivity index (χ0n) is 8.17. The van der Waals surface area contributed by atoms with Gasteiger partial charge in [-0.05, 0) is 22.6 Å². The van der Waals surface area contributed by atoms with Crippen molar-refractivity contribution >= 4 is 28.4 Å². The quantitative estimate of drug-likeness (QED) is 0.691. The Balaban J connectivity index is 2.28. The number of nitrogen functional groups attached to an aromatic ring is 1. The molecule has 3 N–H and O–H groups in total. The van der Waals surface area contributed by atoms with Crippen molar-refractivity contribution in [3.05, 3.63) is 20.3 Å². The number of nitrogens with zero attached hydrogens (tertiary/aromatic N) is 2. The molecule has 7 nitrogen and oxygen atoms in total. The number of aliphatic hydroxyl groups is 1. The zero-order chi connectivity index (χ0) is 11.7. The van der Waals surface area contributed by atoms with Gasteiger partial charge in [-0.2, -0.15) is 4.98 Å². The van der Waals surface area contributed by atoms with E-state index in [4.69, 9.17) is 20.3 Å². The summed E-state index contributed by atoms with van der Waals surface area (Å²) in [6, 6.07) is 0. The molecule has 0 spiro atoms. The van der Waals surface area contributed by atoms with Crippen molar-refractivity contribution in [2.75, 3.05) is 18.9 Å². The highest BCUT2D eigenvalue weighted by Crippen LogP contribution is 2.20. The van der Waals surface area contributed by atoms with Gasteiger partial charge in [-0.3, -0.25) is 4.57 Å². The Morgan fingerprint density at radius 2 is 2.50 bits per heavy atom. The van der Waals surface area contributed by atoms with Crippen molar-refractivity contribution in [1.82, 2.24) is 9.55 Å². The summed E-state index contributed by atoms with van der Waals surface area (Å²) >= 11 is 1.97. The Morgan fingerprint density at radius 3 is 3.12 bits per heavy atom. The Labute approximate surface area is 104 Å². The molecule has 2 rings (SSSR count). The number of anilines is 1. The predicted octanol–water partition coefficient (Wildman–Crippen LogP) is -0.706. The van der Waals surface area contributed by atoms with Crippen LogP contribution in [0.4, 0.5) is 5.82 Å². The summed E-state index contributed by atoms with van der Waals surface area (Å²) in [5.41, 5.74) is 5.00. The molecule has 0 radical (unpaired) electrons. The summed E-state index contributed by atoms with van der Waals surface area (Å²) in [4.78, 5) is 15.2. The second-order valence-corrected chi connectivity index (χ2v) is 4.36. The van der Waals surface area contributed by atoms with Crippen molar-refractivity contribution < 1.29 is 14.6 Å². The van der Waals surface area contributed by atoms with Gasteiger partial charge in [0.05, 0.1) is 16.8 Å². The highest BCUT2D eigenvalue weighted by Gasteiger charge is 2.27. The van der Waals surface area contributed by atoms with Gasteiger partial charge in [0.15, 0.2) is 12.5 Å². The Hall–Kier alpha value is -0.710. The first-order valence-corrected chi connectivity index (χ1v) is 5.61. The lowest BCUT2D eigenvalue weighted by Gasteiger charge is -2.12. The van der Waals surface area contributed by atoms with Crippen LogP contribution in [0, 0.1) is 3.57 Å². The predicted molar refractivity (Wildman–Crippen MR) is 62.6 cm³/mol. The fraction of sp³-hybridized carbons (Fsp3) is 0.500. The third-order valence-corrected chi connectivity index (χ3v) is 2.96. The molecule has 2 heterocycles. The molecule has 0 bridgehead atoms. The minimum Gasteiger partial charge on any atom is -0.391 e. The largest absolute Gasteiger partial charge is 0.391 e. The molecular formula is C8H10IN3O4. The summed E-state index contributed by atoms with van der Waals surface area (Å²) in [5, 5.41) is 8.82. The topological polar surface area (TPSA) is 99.6 Å². The smallest absolute Gasteiger partial charge is 0.351 e.